The Balaban J connectivity index is 1.75. The third kappa shape index (κ3) is 1.65. The average molecular weight is 288 g/mol. The van der Waals surface area contributed by atoms with Crippen LogP contribution in [0.5, 0.6) is 0 Å². The molecule has 0 aromatic heterocycles. The maximum Gasteiger partial charge on any atom is 0.140 e. The lowest BCUT2D eigenvalue weighted by molar-refractivity contribution is -0.0338. The van der Waals surface area contributed by atoms with Crippen molar-refractivity contribution in [1.82, 2.24) is 0 Å². The number of hydrogen-bond donors (Lipinski definition) is 2. The summed E-state index contributed by atoms with van der Waals surface area (Å²) in [5, 5.41) is 20.8. The normalized spacial score (nSPS) is 49.2. The molecular weight excluding hydrogens is 260 g/mol. The Hall–Kier alpha value is -0.920. The molecule has 0 radical (unpaired) electrons. The SMILES string of the molecule is C[C@@]12CCC[C@H]1[C@@H]1CCC3=CCC(O)=C(O)[C@]3(C)[C@H]1CC2. The summed E-state index contributed by atoms with van der Waals surface area (Å²) in [6, 6.07) is 0. The first-order valence-corrected chi connectivity index (χ1v) is 8.78. The maximum absolute atomic E-state index is 10.7. The Morgan fingerprint density at radius 1 is 1.05 bits per heavy atom. The van der Waals surface area contributed by atoms with Crippen molar-refractivity contribution in [1.29, 1.82) is 0 Å². The molecule has 3 fully saturated rings. The van der Waals surface area contributed by atoms with Crippen molar-refractivity contribution in [2.24, 2.45) is 28.6 Å². The van der Waals surface area contributed by atoms with Gasteiger partial charge in [-0.25, -0.2) is 0 Å². The van der Waals surface area contributed by atoms with Crippen molar-refractivity contribution < 1.29 is 10.2 Å². The van der Waals surface area contributed by atoms with Gasteiger partial charge in [-0.1, -0.05) is 25.0 Å². The maximum atomic E-state index is 10.7. The molecule has 0 aromatic rings. The molecule has 0 amide bonds. The van der Waals surface area contributed by atoms with Gasteiger partial charge in [-0.3, -0.25) is 0 Å². The first kappa shape index (κ1) is 13.7. The Morgan fingerprint density at radius 2 is 1.86 bits per heavy atom. The summed E-state index contributed by atoms with van der Waals surface area (Å²) in [6.45, 7) is 4.70. The zero-order valence-electron chi connectivity index (χ0n) is 13.4. The lowest BCUT2D eigenvalue weighted by atomic mass is 9.48. The number of fused-ring (bicyclic) bond motifs is 5. The van der Waals surface area contributed by atoms with E-state index >= 15 is 0 Å². The fraction of sp³-hybridized carbons (Fsp3) is 0.789. The third-order valence-corrected chi connectivity index (χ3v) is 7.68. The van der Waals surface area contributed by atoms with Crippen LogP contribution in [0.3, 0.4) is 0 Å². The summed E-state index contributed by atoms with van der Waals surface area (Å²) >= 11 is 0. The van der Waals surface area contributed by atoms with Gasteiger partial charge >= 0.3 is 0 Å². The predicted octanol–water partition coefficient (Wildman–Crippen LogP) is 5.28. The molecular formula is C19H28O2. The van der Waals surface area contributed by atoms with E-state index in [1.54, 1.807) is 0 Å². The molecule has 0 unspecified atom stereocenters. The molecule has 2 nitrogen and oxygen atoms in total. The predicted molar refractivity (Wildman–Crippen MR) is 84.0 cm³/mol. The Bertz CT molecular complexity index is 532. The van der Waals surface area contributed by atoms with Crippen molar-refractivity contribution >= 4 is 0 Å². The van der Waals surface area contributed by atoms with Gasteiger partial charge in [0, 0.05) is 6.42 Å². The van der Waals surface area contributed by atoms with Gasteiger partial charge in [-0.2, -0.15) is 0 Å². The molecule has 4 aliphatic carbocycles. The zero-order valence-corrected chi connectivity index (χ0v) is 13.4. The Kier molecular flexibility index (Phi) is 2.81. The lowest BCUT2D eigenvalue weighted by Gasteiger charge is -2.56. The van der Waals surface area contributed by atoms with Crippen LogP contribution in [-0.2, 0) is 0 Å². The van der Waals surface area contributed by atoms with Gasteiger partial charge in [-0.15, -0.1) is 0 Å². The van der Waals surface area contributed by atoms with Gasteiger partial charge < -0.3 is 10.2 Å². The Labute approximate surface area is 127 Å². The molecule has 2 heteroatoms. The van der Waals surface area contributed by atoms with Crippen LogP contribution in [0.25, 0.3) is 0 Å². The van der Waals surface area contributed by atoms with Crippen LogP contribution >= 0.6 is 0 Å². The van der Waals surface area contributed by atoms with Gasteiger partial charge in [0.1, 0.15) is 11.5 Å². The molecule has 0 heterocycles. The highest BCUT2D eigenvalue weighted by molar-refractivity contribution is 5.36. The quantitative estimate of drug-likeness (QED) is 0.596. The van der Waals surface area contributed by atoms with E-state index < -0.39 is 0 Å². The summed E-state index contributed by atoms with van der Waals surface area (Å²) in [5.74, 6) is 2.60. The molecule has 0 saturated heterocycles. The van der Waals surface area contributed by atoms with Crippen molar-refractivity contribution in [3.05, 3.63) is 23.2 Å². The van der Waals surface area contributed by atoms with E-state index in [0.29, 0.717) is 17.8 Å². The van der Waals surface area contributed by atoms with Crippen molar-refractivity contribution in [2.45, 2.75) is 65.2 Å². The summed E-state index contributed by atoms with van der Waals surface area (Å²) < 4.78 is 0. The topological polar surface area (TPSA) is 40.5 Å². The number of aliphatic hydroxyl groups excluding tert-OH is 2. The summed E-state index contributed by atoms with van der Waals surface area (Å²) in [4.78, 5) is 0. The van der Waals surface area contributed by atoms with Gasteiger partial charge in [0.05, 0.1) is 5.41 Å². The van der Waals surface area contributed by atoms with Crippen LogP contribution in [0.15, 0.2) is 23.2 Å². The van der Waals surface area contributed by atoms with Crippen LogP contribution in [0.2, 0.25) is 0 Å². The van der Waals surface area contributed by atoms with Crippen LogP contribution < -0.4 is 0 Å². The minimum absolute atomic E-state index is 0.210. The molecule has 0 aliphatic heterocycles. The highest BCUT2D eigenvalue weighted by Gasteiger charge is 2.57. The summed E-state index contributed by atoms with van der Waals surface area (Å²) in [5.41, 5.74) is 1.66. The minimum Gasteiger partial charge on any atom is -0.508 e. The summed E-state index contributed by atoms with van der Waals surface area (Å²) in [7, 11) is 0. The number of aliphatic hydroxyl groups is 2. The van der Waals surface area contributed by atoms with E-state index in [2.05, 4.69) is 19.9 Å². The Morgan fingerprint density at radius 3 is 2.67 bits per heavy atom. The third-order valence-electron chi connectivity index (χ3n) is 7.68. The molecule has 5 atom stereocenters. The fourth-order valence-electron chi connectivity index (χ4n) is 6.48. The molecule has 0 spiro atoms. The largest absolute Gasteiger partial charge is 0.508 e. The molecule has 2 N–H and O–H groups in total. The highest BCUT2D eigenvalue weighted by atomic mass is 16.3. The van der Waals surface area contributed by atoms with Gasteiger partial charge in [0.2, 0.25) is 0 Å². The van der Waals surface area contributed by atoms with Crippen LogP contribution in [0.1, 0.15) is 65.2 Å². The standard InChI is InChI=1S/C19H28O2/c1-18-10-3-4-14(18)13-7-5-12-6-8-16(20)17(21)19(12,2)15(13)9-11-18/h6,13-15,20-21H,3-5,7-11H2,1-2H3/t13-,14-,15-,18-,19-/m0/s1. The highest BCUT2D eigenvalue weighted by Crippen LogP contribution is 2.65. The summed E-state index contributed by atoms with van der Waals surface area (Å²) in [6.07, 6.45) is 11.8. The van der Waals surface area contributed by atoms with Gasteiger partial charge in [-0.05, 0) is 68.6 Å². The minimum atomic E-state index is -0.283. The van der Waals surface area contributed by atoms with Gasteiger partial charge in [0.25, 0.3) is 0 Å². The number of rotatable bonds is 0. The van der Waals surface area contributed by atoms with E-state index in [4.69, 9.17) is 0 Å². The molecule has 4 aliphatic rings. The van der Waals surface area contributed by atoms with E-state index in [1.165, 1.54) is 44.1 Å². The van der Waals surface area contributed by atoms with Crippen LogP contribution in [-0.4, -0.2) is 10.2 Å². The van der Waals surface area contributed by atoms with Gasteiger partial charge in [0.15, 0.2) is 0 Å². The first-order chi connectivity index (χ1) is 9.97. The van der Waals surface area contributed by atoms with E-state index in [0.717, 1.165) is 18.3 Å². The first-order valence-electron chi connectivity index (χ1n) is 8.78. The fourth-order valence-corrected chi connectivity index (χ4v) is 6.48. The van der Waals surface area contributed by atoms with Crippen molar-refractivity contribution in [2.75, 3.05) is 0 Å². The second kappa shape index (κ2) is 4.30. The van der Waals surface area contributed by atoms with E-state index in [1.807, 2.05) is 0 Å². The second-order valence-electron chi connectivity index (χ2n) is 8.43. The molecule has 21 heavy (non-hydrogen) atoms. The van der Waals surface area contributed by atoms with Crippen LogP contribution in [0.4, 0.5) is 0 Å². The molecule has 116 valence electrons. The van der Waals surface area contributed by atoms with E-state index in [9.17, 15) is 10.2 Å². The average Bonchev–Trinajstić information content (AvgIpc) is 2.86. The number of allylic oxidation sites excluding steroid dienone is 2. The van der Waals surface area contributed by atoms with Crippen molar-refractivity contribution in [3.8, 4) is 0 Å². The molecule has 0 bridgehead atoms. The molecule has 0 aromatic carbocycles. The lowest BCUT2D eigenvalue weighted by Crippen LogP contribution is -2.49. The number of hydrogen-bond acceptors (Lipinski definition) is 2. The van der Waals surface area contributed by atoms with Crippen molar-refractivity contribution in [3.63, 3.8) is 0 Å². The molecule has 4 rings (SSSR count). The van der Waals surface area contributed by atoms with Crippen LogP contribution in [0, 0.1) is 28.6 Å². The van der Waals surface area contributed by atoms with E-state index in [-0.39, 0.29) is 16.9 Å². The monoisotopic (exact) mass is 288 g/mol. The zero-order chi connectivity index (χ0) is 14.8. The smallest absolute Gasteiger partial charge is 0.140 e. The molecule has 3 saturated carbocycles. The second-order valence-corrected chi connectivity index (χ2v) is 8.43.